The highest BCUT2D eigenvalue weighted by molar-refractivity contribution is 6.05. The number of anilines is 1. The van der Waals surface area contributed by atoms with Crippen LogP contribution in [0.1, 0.15) is 55.1 Å². The number of fused-ring (bicyclic) bond motifs is 1. The normalized spacial score (nSPS) is 25.5. The van der Waals surface area contributed by atoms with E-state index in [0.717, 1.165) is 37.3 Å². The van der Waals surface area contributed by atoms with Gasteiger partial charge in [0.2, 0.25) is 0 Å². The summed E-state index contributed by atoms with van der Waals surface area (Å²) in [6, 6.07) is 10.6. The van der Waals surface area contributed by atoms with Crippen LogP contribution in [0.2, 0.25) is 0 Å². The second-order valence-electron chi connectivity index (χ2n) is 8.64. The lowest BCUT2D eigenvalue weighted by molar-refractivity contribution is 0.0773. The number of carbonyl (C=O) groups is 1. The molecule has 3 aliphatic rings. The van der Waals surface area contributed by atoms with Crippen LogP contribution >= 0.6 is 0 Å². The predicted octanol–water partition coefficient (Wildman–Crippen LogP) is 3.04. The van der Waals surface area contributed by atoms with E-state index in [4.69, 9.17) is 4.99 Å². The molecule has 0 radical (unpaired) electrons. The molecule has 1 saturated carbocycles. The summed E-state index contributed by atoms with van der Waals surface area (Å²) >= 11 is 0. The first-order chi connectivity index (χ1) is 14.7. The molecule has 0 bridgehead atoms. The summed E-state index contributed by atoms with van der Waals surface area (Å²) in [6.07, 6.45) is 7.37. The van der Waals surface area contributed by atoms with Gasteiger partial charge >= 0.3 is 0 Å². The molecule has 7 heteroatoms. The summed E-state index contributed by atoms with van der Waals surface area (Å²) in [5.74, 6) is 1.05. The Labute approximate surface area is 177 Å². The molecule has 5 rings (SSSR count). The number of aliphatic imine (C=N–C) groups is 1. The van der Waals surface area contributed by atoms with E-state index in [2.05, 4.69) is 40.0 Å². The Hall–Kier alpha value is -2.67. The quantitative estimate of drug-likeness (QED) is 0.822. The van der Waals surface area contributed by atoms with Gasteiger partial charge in [0, 0.05) is 38.1 Å². The number of nitrogens with zero attached hydrogens (tertiary/aromatic N) is 4. The first-order valence-electron chi connectivity index (χ1n) is 11.2. The van der Waals surface area contributed by atoms with E-state index in [1.54, 1.807) is 10.9 Å². The average Bonchev–Trinajstić information content (AvgIpc) is 3.51. The third kappa shape index (κ3) is 3.41. The number of aryl methyl sites for hydroxylation is 1. The molecule has 1 aliphatic carbocycles. The Morgan fingerprint density at radius 3 is 2.93 bits per heavy atom. The van der Waals surface area contributed by atoms with Gasteiger partial charge in [0.25, 0.3) is 5.91 Å². The molecule has 158 valence electrons. The van der Waals surface area contributed by atoms with Gasteiger partial charge in [-0.15, -0.1) is 0 Å². The zero-order valence-electron chi connectivity index (χ0n) is 17.6. The third-order valence-electron chi connectivity index (χ3n) is 6.77. The molecule has 2 fully saturated rings. The SMILES string of the molecule is CCn1nccc1C(=O)N1CC[C@]2(C1)NCc1ccccc1NC2=NC1CCCC1. The molecule has 1 saturated heterocycles. The summed E-state index contributed by atoms with van der Waals surface area (Å²) in [5, 5.41) is 11.7. The number of amidine groups is 1. The molecular weight excluding hydrogens is 376 g/mol. The van der Waals surface area contributed by atoms with E-state index in [1.165, 1.54) is 18.4 Å². The molecule has 1 amide bonds. The molecule has 1 spiro atoms. The van der Waals surface area contributed by atoms with Gasteiger partial charge in [0.1, 0.15) is 11.5 Å². The molecule has 3 heterocycles. The van der Waals surface area contributed by atoms with Crippen molar-refractivity contribution >= 4 is 17.4 Å². The van der Waals surface area contributed by atoms with Crippen LogP contribution in [0.3, 0.4) is 0 Å². The van der Waals surface area contributed by atoms with Crippen molar-refractivity contribution in [1.29, 1.82) is 0 Å². The fourth-order valence-electron chi connectivity index (χ4n) is 5.01. The highest BCUT2D eigenvalue weighted by atomic mass is 16.2. The highest BCUT2D eigenvalue weighted by Crippen LogP contribution is 2.32. The molecule has 2 aliphatic heterocycles. The molecule has 1 aromatic heterocycles. The number of nitrogens with one attached hydrogen (secondary N) is 2. The number of para-hydroxylation sites is 1. The zero-order chi connectivity index (χ0) is 20.6. The maximum atomic E-state index is 13.2. The van der Waals surface area contributed by atoms with Crippen LogP contribution in [0.5, 0.6) is 0 Å². The van der Waals surface area contributed by atoms with E-state index >= 15 is 0 Å². The number of rotatable bonds is 3. The average molecular weight is 407 g/mol. The summed E-state index contributed by atoms with van der Waals surface area (Å²) in [4.78, 5) is 20.4. The highest BCUT2D eigenvalue weighted by Gasteiger charge is 2.46. The second-order valence-corrected chi connectivity index (χ2v) is 8.64. The van der Waals surface area contributed by atoms with Crippen LogP contribution < -0.4 is 10.6 Å². The van der Waals surface area contributed by atoms with Crippen LogP contribution in [-0.2, 0) is 13.1 Å². The van der Waals surface area contributed by atoms with Crippen molar-refractivity contribution in [1.82, 2.24) is 20.0 Å². The van der Waals surface area contributed by atoms with Crippen molar-refractivity contribution in [3.05, 3.63) is 47.8 Å². The number of hydrogen-bond donors (Lipinski definition) is 2. The molecule has 1 atom stereocenters. The fourth-order valence-corrected chi connectivity index (χ4v) is 5.01. The number of hydrogen-bond acceptors (Lipinski definition) is 4. The third-order valence-corrected chi connectivity index (χ3v) is 6.77. The van der Waals surface area contributed by atoms with E-state index in [0.29, 0.717) is 31.4 Å². The number of amides is 1. The lowest BCUT2D eigenvalue weighted by Gasteiger charge is -2.31. The molecule has 7 nitrogen and oxygen atoms in total. The monoisotopic (exact) mass is 406 g/mol. The van der Waals surface area contributed by atoms with Gasteiger partial charge in [-0.3, -0.25) is 19.8 Å². The van der Waals surface area contributed by atoms with Crippen molar-refractivity contribution in [3.63, 3.8) is 0 Å². The molecule has 1 aromatic carbocycles. The van der Waals surface area contributed by atoms with Crippen LogP contribution in [-0.4, -0.2) is 51.1 Å². The Bertz CT molecular complexity index is 960. The first-order valence-corrected chi connectivity index (χ1v) is 11.2. The molecule has 30 heavy (non-hydrogen) atoms. The van der Waals surface area contributed by atoms with Crippen molar-refractivity contribution in [2.75, 3.05) is 18.4 Å². The minimum Gasteiger partial charge on any atom is -0.342 e. The Morgan fingerprint density at radius 2 is 2.10 bits per heavy atom. The fraction of sp³-hybridized carbons (Fsp3) is 0.522. The Balaban J connectivity index is 1.45. The van der Waals surface area contributed by atoms with Crippen LogP contribution in [0.4, 0.5) is 5.69 Å². The molecule has 2 aromatic rings. The van der Waals surface area contributed by atoms with Gasteiger partial charge < -0.3 is 10.2 Å². The molecule has 0 unspecified atom stereocenters. The lowest BCUT2D eigenvalue weighted by Crippen LogP contribution is -2.55. The minimum absolute atomic E-state index is 0.0509. The van der Waals surface area contributed by atoms with Gasteiger partial charge in [-0.05, 0) is 43.9 Å². The van der Waals surface area contributed by atoms with Gasteiger partial charge in [0.15, 0.2) is 0 Å². The van der Waals surface area contributed by atoms with Gasteiger partial charge in [-0.25, -0.2) is 0 Å². The Morgan fingerprint density at radius 1 is 1.27 bits per heavy atom. The molecular formula is C23H30N6O. The van der Waals surface area contributed by atoms with Crippen LogP contribution in [0.25, 0.3) is 0 Å². The Kier molecular flexibility index (Phi) is 5.06. The number of benzene rings is 1. The first kappa shape index (κ1) is 19.3. The zero-order valence-corrected chi connectivity index (χ0v) is 17.6. The predicted molar refractivity (Wildman–Crippen MR) is 118 cm³/mol. The van der Waals surface area contributed by atoms with Gasteiger partial charge in [-0.2, -0.15) is 5.10 Å². The summed E-state index contributed by atoms with van der Waals surface area (Å²) < 4.78 is 1.77. The van der Waals surface area contributed by atoms with Crippen molar-refractivity contribution in [3.8, 4) is 0 Å². The summed E-state index contributed by atoms with van der Waals surface area (Å²) in [7, 11) is 0. The number of aromatic nitrogens is 2. The minimum atomic E-state index is -0.339. The molecule has 2 N–H and O–H groups in total. The smallest absolute Gasteiger partial charge is 0.272 e. The van der Waals surface area contributed by atoms with Crippen molar-refractivity contribution < 1.29 is 4.79 Å². The number of carbonyl (C=O) groups excluding carboxylic acids is 1. The largest absolute Gasteiger partial charge is 0.342 e. The second kappa shape index (κ2) is 7.87. The maximum Gasteiger partial charge on any atom is 0.272 e. The standard InChI is InChI=1S/C23H30N6O/c1-2-29-20(11-13-25-29)21(30)28-14-12-23(16-28)22(26-18-8-4-5-9-18)27-19-10-6-3-7-17(19)15-24-23/h3,6-7,10-11,13,18,24H,2,4-5,8-9,12,14-16H2,1H3,(H,26,27)/t23-/m1/s1. The van der Waals surface area contributed by atoms with E-state index < -0.39 is 0 Å². The lowest BCUT2D eigenvalue weighted by atomic mass is 9.96. The van der Waals surface area contributed by atoms with Crippen LogP contribution in [0.15, 0.2) is 41.5 Å². The maximum absolute atomic E-state index is 13.2. The van der Waals surface area contributed by atoms with Gasteiger partial charge in [-0.1, -0.05) is 31.0 Å². The van der Waals surface area contributed by atoms with Gasteiger partial charge in [0.05, 0.1) is 11.6 Å². The van der Waals surface area contributed by atoms with E-state index in [-0.39, 0.29) is 11.4 Å². The summed E-state index contributed by atoms with van der Waals surface area (Å²) in [5.41, 5.74) is 2.68. The van der Waals surface area contributed by atoms with E-state index in [9.17, 15) is 4.79 Å². The van der Waals surface area contributed by atoms with Crippen molar-refractivity contribution in [2.45, 2.75) is 63.7 Å². The van der Waals surface area contributed by atoms with Crippen LogP contribution in [0, 0.1) is 0 Å². The van der Waals surface area contributed by atoms with Crippen molar-refractivity contribution in [2.24, 2.45) is 4.99 Å². The number of likely N-dealkylation sites (tertiary alicyclic amines) is 1. The van der Waals surface area contributed by atoms with E-state index in [1.807, 2.05) is 17.9 Å². The topological polar surface area (TPSA) is 74.6 Å². The summed E-state index contributed by atoms with van der Waals surface area (Å²) in [6.45, 7) is 4.80.